The van der Waals surface area contributed by atoms with Crippen LogP contribution in [0, 0.1) is 11.8 Å². The van der Waals surface area contributed by atoms with E-state index in [4.69, 9.17) is 0 Å². The Morgan fingerprint density at radius 3 is 2.18 bits per heavy atom. The van der Waals surface area contributed by atoms with Gasteiger partial charge in [0, 0.05) is 11.6 Å². The van der Waals surface area contributed by atoms with E-state index in [1.54, 1.807) is 0 Å². The van der Waals surface area contributed by atoms with Gasteiger partial charge < -0.3 is 5.32 Å². The minimum atomic E-state index is -0.757. The highest BCUT2D eigenvalue weighted by Gasteiger charge is 2.36. The first-order chi connectivity index (χ1) is 7.95. The summed E-state index contributed by atoms with van der Waals surface area (Å²) in [7, 11) is 0. The number of piperidine rings is 1. The molecule has 1 saturated heterocycles. The van der Waals surface area contributed by atoms with Crippen LogP contribution in [-0.4, -0.2) is 12.6 Å². The molecule has 0 aromatic carbocycles. The Kier molecular flexibility index (Phi) is 5.06. The van der Waals surface area contributed by atoms with Gasteiger partial charge in [-0.1, -0.05) is 20.1 Å². The largest absolute Gasteiger partial charge is 0.313 e. The maximum absolute atomic E-state index is 12.2. The van der Waals surface area contributed by atoms with Crippen molar-refractivity contribution in [2.45, 2.75) is 32.7 Å². The Morgan fingerprint density at radius 2 is 2.00 bits per heavy atom. The standard InChI is InChI=1S/C7H8F2.C7H13N/c1-4-7(9)5(2)6(3)8;1-5-2-6-3-7(5)8-4-6/h4H,1,3H2,2H3;5-8H,2-4H2,1H3/b7-5+;. The van der Waals surface area contributed by atoms with Crippen molar-refractivity contribution in [2.75, 3.05) is 6.54 Å². The first kappa shape index (κ1) is 14.1. The molecule has 1 nitrogen and oxygen atoms in total. The predicted molar refractivity (Wildman–Crippen MR) is 67.9 cm³/mol. The smallest absolute Gasteiger partial charge is 0.128 e. The minimum Gasteiger partial charge on any atom is -0.313 e. The maximum atomic E-state index is 12.2. The Balaban J connectivity index is 0.000000170. The molecule has 96 valence electrons. The molecule has 3 atom stereocenters. The van der Waals surface area contributed by atoms with E-state index in [9.17, 15) is 8.78 Å². The van der Waals surface area contributed by atoms with E-state index in [0.29, 0.717) is 0 Å². The fourth-order valence-corrected chi connectivity index (χ4v) is 2.43. The van der Waals surface area contributed by atoms with Crippen molar-refractivity contribution in [2.24, 2.45) is 11.8 Å². The molecule has 0 spiro atoms. The van der Waals surface area contributed by atoms with Crippen LogP contribution in [0.5, 0.6) is 0 Å². The van der Waals surface area contributed by atoms with Gasteiger partial charge in [0.1, 0.15) is 11.7 Å². The number of allylic oxidation sites excluding steroid dienone is 4. The second kappa shape index (κ2) is 6.10. The van der Waals surface area contributed by atoms with Crippen LogP contribution in [0.3, 0.4) is 0 Å². The lowest BCUT2D eigenvalue weighted by Crippen LogP contribution is -2.30. The monoisotopic (exact) mass is 241 g/mol. The van der Waals surface area contributed by atoms with Crippen molar-refractivity contribution in [1.82, 2.24) is 5.32 Å². The van der Waals surface area contributed by atoms with E-state index in [1.807, 2.05) is 0 Å². The summed E-state index contributed by atoms with van der Waals surface area (Å²) in [5.74, 6) is 0.582. The molecule has 2 aliphatic rings. The first-order valence-corrected chi connectivity index (χ1v) is 6.02. The molecule has 1 heterocycles. The average molecular weight is 241 g/mol. The SMILES string of the molecule is C=C/C(F)=C(/C)C(=C)F.CC1CC2CNC1C2. The number of hydrogen-bond acceptors (Lipinski definition) is 1. The second-order valence-electron chi connectivity index (χ2n) is 4.91. The van der Waals surface area contributed by atoms with E-state index < -0.39 is 11.7 Å². The van der Waals surface area contributed by atoms with E-state index in [1.165, 1.54) is 26.3 Å². The Labute approximate surface area is 102 Å². The van der Waals surface area contributed by atoms with Crippen LogP contribution in [0.1, 0.15) is 26.7 Å². The van der Waals surface area contributed by atoms with Crippen molar-refractivity contribution in [1.29, 1.82) is 0 Å². The van der Waals surface area contributed by atoms with E-state index >= 15 is 0 Å². The lowest BCUT2D eigenvalue weighted by Gasteiger charge is -2.17. The fraction of sp³-hybridized carbons (Fsp3) is 0.571. The molecular formula is C14H21F2N. The van der Waals surface area contributed by atoms with Crippen LogP contribution in [-0.2, 0) is 0 Å². The second-order valence-corrected chi connectivity index (χ2v) is 4.91. The zero-order chi connectivity index (χ0) is 13.0. The molecule has 0 aromatic heterocycles. The Morgan fingerprint density at radius 1 is 1.35 bits per heavy atom. The minimum absolute atomic E-state index is 0.0926. The number of nitrogens with one attached hydrogen (secondary N) is 1. The van der Waals surface area contributed by atoms with Crippen molar-refractivity contribution in [3.8, 4) is 0 Å². The van der Waals surface area contributed by atoms with Crippen molar-refractivity contribution in [3.05, 3.63) is 36.5 Å². The number of halogens is 2. The van der Waals surface area contributed by atoms with Gasteiger partial charge in [-0.15, -0.1) is 0 Å². The molecule has 1 aliphatic heterocycles. The van der Waals surface area contributed by atoms with Gasteiger partial charge in [-0.2, -0.15) is 0 Å². The maximum Gasteiger partial charge on any atom is 0.128 e. The molecule has 1 N–H and O–H groups in total. The van der Waals surface area contributed by atoms with Gasteiger partial charge in [0.05, 0.1) is 0 Å². The van der Waals surface area contributed by atoms with Crippen LogP contribution in [0.25, 0.3) is 0 Å². The summed E-state index contributed by atoms with van der Waals surface area (Å²) in [6.07, 6.45) is 3.89. The van der Waals surface area contributed by atoms with Crippen LogP contribution in [0.15, 0.2) is 36.5 Å². The Bertz CT molecular complexity index is 331. The lowest BCUT2D eigenvalue weighted by atomic mass is 10.0. The molecule has 2 rings (SSSR count). The van der Waals surface area contributed by atoms with Gasteiger partial charge in [-0.05, 0) is 44.2 Å². The quantitative estimate of drug-likeness (QED) is 0.723. The van der Waals surface area contributed by atoms with E-state index in [0.717, 1.165) is 24.0 Å². The molecule has 1 saturated carbocycles. The third-order valence-electron chi connectivity index (χ3n) is 3.59. The van der Waals surface area contributed by atoms with Crippen molar-refractivity contribution >= 4 is 0 Å². The van der Waals surface area contributed by atoms with Crippen LogP contribution >= 0.6 is 0 Å². The summed E-state index contributed by atoms with van der Waals surface area (Å²) in [6.45, 7) is 11.0. The van der Waals surface area contributed by atoms with Gasteiger partial charge >= 0.3 is 0 Å². The van der Waals surface area contributed by atoms with Crippen molar-refractivity contribution in [3.63, 3.8) is 0 Å². The molecule has 3 unspecified atom stereocenters. The zero-order valence-corrected chi connectivity index (χ0v) is 10.6. The molecule has 0 amide bonds. The summed E-state index contributed by atoms with van der Waals surface area (Å²) in [6, 6.07) is 0.889. The summed E-state index contributed by atoms with van der Waals surface area (Å²) in [5.41, 5.74) is -0.0926. The molecule has 3 heteroatoms. The van der Waals surface area contributed by atoms with Gasteiger partial charge in [0.25, 0.3) is 0 Å². The van der Waals surface area contributed by atoms with Crippen LogP contribution in [0.4, 0.5) is 8.78 Å². The van der Waals surface area contributed by atoms with E-state index in [2.05, 4.69) is 25.4 Å². The van der Waals surface area contributed by atoms with Crippen LogP contribution in [0.2, 0.25) is 0 Å². The number of fused-ring (bicyclic) bond motifs is 2. The molecule has 1 aliphatic carbocycles. The number of rotatable bonds is 2. The van der Waals surface area contributed by atoms with Gasteiger partial charge in [0.15, 0.2) is 0 Å². The molecule has 0 aromatic rings. The molecule has 2 fully saturated rings. The van der Waals surface area contributed by atoms with Crippen LogP contribution < -0.4 is 5.32 Å². The summed E-state index contributed by atoms with van der Waals surface area (Å²) in [4.78, 5) is 0. The average Bonchev–Trinajstić information content (AvgIpc) is 2.89. The van der Waals surface area contributed by atoms with Gasteiger partial charge in [-0.25, -0.2) is 8.78 Å². The van der Waals surface area contributed by atoms with E-state index in [-0.39, 0.29) is 5.57 Å². The predicted octanol–water partition coefficient (Wildman–Crippen LogP) is 3.90. The highest BCUT2D eigenvalue weighted by atomic mass is 19.1. The highest BCUT2D eigenvalue weighted by molar-refractivity contribution is 5.28. The summed E-state index contributed by atoms with van der Waals surface area (Å²) < 4.78 is 24.2. The third-order valence-corrected chi connectivity index (χ3v) is 3.59. The fourth-order valence-electron chi connectivity index (χ4n) is 2.43. The summed E-state index contributed by atoms with van der Waals surface area (Å²) in [5, 5.41) is 3.51. The Hall–Kier alpha value is -0.960. The molecule has 2 bridgehead atoms. The molecule has 0 radical (unpaired) electrons. The summed E-state index contributed by atoms with van der Waals surface area (Å²) >= 11 is 0. The number of hydrogen-bond donors (Lipinski definition) is 1. The zero-order valence-electron chi connectivity index (χ0n) is 10.6. The third kappa shape index (κ3) is 3.77. The van der Waals surface area contributed by atoms with Gasteiger partial charge in [0.2, 0.25) is 0 Å². The van der Waals surface area contributed by atoms with Gasteiger partial charge in [-0.3, -0.25) is 0 Å². The lowest BCUT2D eigenvalue weighted by molar-refractivity contribution is 0.392. The highest BCUT2D eigenvalue weighted by Crippen LogP contribution is 2.35. The topological polar surface area (TPSA) is 12.0 Å². The normalized spacial score (nSPS) is 31.4. The molecular weight excluding hydrogens is 220 g/mol. The first-order valence-electron chi connectivity index (χ1n) is 6.02. The molecule has 17 heavy (non-hydrogen) atoms. The van der Waals surface area contributed by atoms with Crippen molar-refractivity contribution < 1.29 is 8.78 Å².